The Hall–Kier alpha value is -1.79. The lowest BCUT2D eigenvalue weighted by Crippen LogP contribution is -2.49. The summed E-state index contributed by atoms with van der Waals surface area (Å²) in [5, 5.41) is 0. The highest BCUT2D eigenvalue weighted by molar-refractivity contribution is 5.82. The van der Waals surface area contributed by atoms with Gasteiger partial charge in [-0.3, -0.25) is 9.69 Å². The molecule has 0 N–H and O–H groups in total. The fourth-order valence-corrected chi connectivity index (χ4v) is 4.10. The molecule has 3 aliphatic rings. The molecule has 0 aliphatic carbocycles. The quantitative estimate of drug-likeness (QED) is 0.828. The predicted octanol–water partition coefficient (Wildman–Crippen LogP) is 1.40. The van der Waals surface area contributed by atoms with E-state index < -0.39 is 6.10 Å². The van der Waals surface area contributed by atoms with Crippen molar-refractivity contribution in [3.05, 3.63) is 24.3 Å². The monoisotopic (exact) mass is 346 g/mol. The van der Waals surface area contributed by atoms with E-state index in [9.17, 15) is 4.79 Å². The first-order valence-electron chi connectivity index (χ1n) is 9.25. The second-order valence-electron chi connectivity index (χ2n) is 6.99. The zero-order chi connectivity index (χ0) is 17.2. The van der Waals surface area contributed by atoms with E-state index in [0.29, 0.717) is 23.5 Å². The highest BCUT2D eigenvalue weighted by atomic mass is 16.6. The molecule has 1 aromatic rings. The molecule has 25 heavy (non-hydrogen) atoms. The second-order valence-corrected chi connectivity index (χ2v) is 6.99. The van der Waals surface area contributed by atoms with Crippen LogP contribution in [-0.4, -0.2) is 73.9 Å². The van der Waals surface area contributed by atoms with Gasteiger partial charge in [-0.05, 0) is 18.1 Å². The van der Waals surface area contributed by atoms with Crippen LogP contribution in [0.15, 0.2) is 24.3 Å². The van der Waals surface area contributed by atoms with Gasteiger partial charge >= 0.3 is 0 Å². The van der Waals surface area contributed by atoms with Crippen molar-refractivity contribution in [3.8, 4) is 11.5 Å². The second kappa shape index (κ2) is 7.22. The molecule has 1 amide bonds. The van der Waals surface area contributed by atoms with E-state index in [1.807, 2.05) is 29.2 Å². The lowest BCUT2D eigenvalue weighted by atomic mass is 9.99. The van der Waals surface area contributed by atoms with Crippen LogP contribution in [0.2, 0.25) is 0 Å². The third kappa shape index (κ3) is 3.33. The summed E-state index contributed by atoms with van der Waals surface area (Å²) < 4.78 is 17.1. The van der Waals surface area contributed by atoms with Crippen LogP contribution in [0, 0.1) is 5.92 Å². The molecule has 2 fully saturated rings. The maximum atomic E-state index is 13.0. The summed E-state index contributed by atoms with van der Waals surface area (Å²) in [5.41, 5.74) is 0. The van der Waals surface area contributed by atoms with Gasteiger partial charge in [0.05, 0.1) is 13.2 Å². The molecule has 6 nitrogen and oxygen atoms in total. The van der Waals surface area contributed by atoms with Crippen LogP contribution in [-0.2, 0) is 9.53 Å². The molecule has 136 valence electrons. The Bertz CT molecular complexity index is 617. The summed E-state index contributed by atoms with van der Waals surface area (Å²) in [5.74, 6) is 1.93. The number of benzene rings is 1. The van der Waals surface area contributed by atoms with Gasteiger partial charge in [0.1, 0.15) is 6.61 Å². The highest BCUT2D eigenvalue weighted by Gasteiger charge is 2.41. The van der Waals surface area contributed by atoms with Gasteiger partial charge in [-0.25, -0.2) is 0 Å². The lowest BCUT2D eigenvalue weighted by Gasteiger charge is -2.34. The van der Waals surface area contributed by atoms with Crippen molar-refractivity contribution in [3.63, 3.8) is 0 Å². The van der Waals surface area contributed by atoms with E-state index in [2.05, 4.69) is 11.8 Å². The SMILES string of the molecule is CC[C@@H]1CN(C(=O)[C@@H]2COc3ccccc3O2)C[C@@H]1N1CCOCC1. The number of amides is 1. The maximum absolute atomic E-state index is 13.0. The summed E-state index contributed by atoms with van der Waals surface area (Å²) >= 11 is 0. The molecule has 6 heteroatoms. The molecule has 0 spiro atoms. The summed E-state index contributed by atoms with van der Waals surface area (Å²) in [6.07, 6.45) is 0.535. The van der Waals surface area contributed by atoms with Crippen LogP contribution < -0.4 is 9.47 Å². The summed E-state index contributed by atoms with van der Waals surface area (Å²) in [6.45, 7) is 7.57. The number of likely N-dealkylation sites (tertiary alicyclic amines) is 1. The van der Waals surface area contributed by atoms with Crippen LogP contribution in [0.5, 0.6) is 11.5 Å². The maximum Gasteiger partial charge on any atom is 0.267 e. The number of fused-ring (bicyclic) bond motifs is 1. The molecular formula is C19H26N2O4. The average molecular weight is 346 g/mol. The van der Waals surface area contributed by atoms with Crippen LogP contribution >= 0.6 is 0 Å². The molecule has 0 unspecified atom stereocenters. The third-order valence-electron chi connectivity index (χ3n) is 5.54. The van der Waals surface area contributed by atoms with Crippen molar-refractivity contribution in [2.24, 2.45) is 5.92 Å². The van der Waals surface area contributed by atoms with E-state index >= 15 is 0 Å². The number of para-hydroxylation sites is 2. The van der Waals surface area contributed by atoms with Gasteiger partial charge in [-0.2, -0.15) is 0 Å². The Balaban J connectivity index is 1.42. The van der Waals surface area contributed by atoms with Crippen molar-refractivity contribution >= 4 is 5.91 Å². The fraction of sp³-hybridized carbons (Fsp3) is 0.632. The van der Waals surface area contributed by atoms with Crippen LogP contribution in [0.4, 0.5) is 0 Å². The molecule has 0 saturated carbocycles. The first-order valence-corrected chi connectivity index (χ1v) is 9.25. The number of rotatable bonds is 3. The predicted molar refractivity (Wildman–Crippen MR) is 92.9 cm³/mol. The Kier molecular flexibility index (Phi) is 4.81. The fourth-order valence-electron chi connectivity index (χ4n) is 4.10. The van der Waals surface area contributed by atoms with Gasteiger partial charge < -0.3 is 19.1 Å². The number of hydrogen-bond acceptors (Lipinski definition) is 5. The standard InChI is InChI=1S/C19H26N2O4/c1-2-14-11-21(12-15(14)20-7-9-23-10-8-20)19(22)18-13-24-16-5-3-4-6-17(16)25-18/h3-6,14-15,18H,2,7-13H2,1H3/t14-,15+,18+/m1/s1. The normalized spacial score (nSPS) is 29.6. The van der Waals surface area contributed by atoms with Gasteiger partial charge in [-0.15, -0.1) is 0 Å². The van der Waals surface area contributed by atoms with E-state index in [0.717, 1.165) is 45.8 Å². The summed E-state index contributed by atoms with van der Waals surface area (Å²) in [4.78, 5) is 17.4. The summed E-state index contributed by atoms with van der Waals surface area (Å²) in [6, 6.07) is 7.95. The molecular weight excluding hydrogens is 320 g/mol. The van der Waals surface area contributed by atoms with E-state index in [4.69, 9.17) is 14.2 Å². The number of nitrogens with zero attached hydrogens (tertiary/aromatic N) is 2. The Morgan fingerprint density at radius 1 is 1.16 bits per heavy atom. The Morgan fingerprint density at radius 3 is 2.68 bits per heavy atom. The molecule has 0 aromatic heterocycles. The van der Waals surface area contributed by atoms with Crippen LogP contribution in [0.3, 0.4) is 0 Å². The topological polar surface area (TPSA) is 51.2 Å². The minimum atomic E-state index is -0.546. The summed E-state index contributed by atoms with van der Waals surface area (Å²) in [7, 11) is 0. The van der Waals surface area contributed by atoms with Gasteiger partial charge in [0, 0.05) is 32.2 Å². The van der Waals surface area contributed by atoms with Crippen molar-refractivity contribution in [2.75, 3.05) is 46.0 Å². The number of carbonyl (C=O) groups is 1. The number of hydrogen-bond donors (Lipinski definition) is 0. The first kappa shape index (κ1) is 16.7. The van der Waals surface area contributed by atoms with E-state index in [-0.39, 0.29) is 12.5 Å². The van der Waals surface area contributed by atoms with Crippen molar-refractivity contribution in [1.29, 1.82) is 0 Å². The van der Waals surface area contributed by atoms with Crippen LogP contribution in [0.25, 0.3) is 0 Å². The lowest BCUT2D eigenvalue weighted by molar-refractivity contribution is -0.140. The molecule has 3 aliphatic heterocycles. The molecule has 0 bridgehead atoms. The van der Waals surface area contributed by atoms with E-state index in [1.54, 1.807) is 0 Å². The van der Waals surface area contributed by atoms with Crippen LogP contribution in [0.1, 0.15) is 13.3 Å². The van der Waals surface area contributed by atoms with Crippen molar-refractivity contribution < 1.29 is 19.0 Å². The molecule has 1 aromatic carbocycles. The van der Waals surface area contributed by atoms with Crippen molar-refractivity contribution in [2.45, 2.75) is 25.5 Å². The van der Waals surface area contributed by atoms with Gasteiger partial charge in [-0.1, -0.05) is 25.5 Å². The van der Waals surface area contributed by atoms with Gasteiger partial charge in [0.15, 0.2) is 11.5 Å². The number of morpholine rings is 1. The molecule has 0 radical (unpaired) electrons. The Labute approximate surface area is 148 Å². The zero-order valence-corrected chi connectivity index (χ0v) is 14.7. The molecule has 3 heterocycles. The zero-order valence-electron chi connectivity index (χ0n) is 14.7. The largest absolute Gasteiger partial charge is 0.485 e. The number of ether oxygens (including phenoxy) is 3. The average Bonchev–Trinajstić information content (AvgIpc) is 3.12. The van der Waals surface area contributed by atoms with E-state index in [1.165, 1.54) is 0 Å². The molecule has 2 saturated heterocycles. The smallest absolute Gasteiger partial charge is 0.267 e. The van der Waals surface area contributed by atoms with Gasteiger partial charge in [0.2, 0.25) is 6.10 Å². The first-order chi connectivity index (χ1) is 12.3. The highest BCUT2D eigenvalue weighted by Crippen LogP contribution is 2.32. The minimum absolute atomic E-state index is 0.0451. The van der Waals surface area contributed by atoms with Gasteiger partial charge in [0.25, 0.3) is 5.91 Å². The Morgan fingerprint density at radius 2 is 1.92 bits per heavy atom. The molecule has 3 atom stereocenters. The van der Waals surface area contributed by atoms with Crippen molar-refractivity contribution in [1.82, 2.24) is 9.80 Å². The number of carbonyl (C=O) groups excluding carboxylic acids is 1. The minimum Gasteiger partial charge on any atom is -0.485 e. The molecule has 4 rings (SSSR count). The third-order valence-corrected chi connectivity index (χ3v) is 5.54.